The van der Waals surface area contributed by atoms with Gasteiger partial charge >= 0.3 is 5.97 Å². The third-order valence-corrected chi connectivity index (χ3v) is 3.12. The average Bonchev–Trinajstić information content (AvgIpc) is 2.43. The Morgan fingerprint density at radius 2 is 2.00 bits per heavy atom. The van der Waals surface area contributed by atoms with Crippen molar-refractivity contribution in [1.82, 2.24) is 0 Å². The highest BCUT2D eigenvalue weighted by Crippen LogP contribution is 2.29. The number of carboxylic acids is 1. The number of carbonyl (C=O) groups is 1. The second-order valence-electron chi connectivity index (χ2n) is 4.35. The molecular weight excluding hydrogens is 278 g/mol. The summed E-state index contributed by atoms with van der Waals surface area (Å²) in [5.74, 6) is -0.609. The van der Waals surface area contributed by atoms with Crippen LogP contribution in [0.5, 0.6) is 5.75 Å². The zero-order chi connectivity index (χ0) is 13.8. The molecule has 0 aliphatic carbocycles. The van der Waals surface area contributed by atoms with E-state index in [1.165, 1.54) is 0 Å². The summed E-state index contributed by atoms with van der Waals surface area (Å²) >= 11 is 0. The SMILES string of the molecule is CCC(CN)Oc1ccc2ccccc2c1C(=O)O.Cl. The fourth-order valence-electron chi connectivity index (χ4n) is 2.05. The molecule has 0 saturated carbocycles. The molecule has 2 aromatic rings. The van der Waals surface area contributed by atoms with Gasteiger partial charge < -0.3 is 15.6 Å². The highest BCUT2D eigenvalue weighted by molar-refractivity contribution is 6.06. The fourth-order valence-corrected chi connectivity index (χ4v) is 2.05. The molecule has 0 amide bonds. The molecule has 1 unspecified atom stereocenters. The lowest BCUT2D eigenvalue weighted by atomic mass is 10.0. The molecule has 5 heteroatoms. The Balaban J connectivity index is 0.00000200. The van der Waals surface area contributed by atoms with Crippen molar-refractivity contribution < 1.29 is 14.6 Å². The van der Waals surface area contributed by atoms with Gasteiger partial charge in [-0.1, -0.05) is 37.3 Å². The molecule has 2 rings (SSSR count). The first-order valence-electron chi connectivity index (χ1n) is 6.29. The van der Waals surface area contributed by atoms with Crippen LogP contribution in [0.4, 0.5) is 0 Å². The Bertz CT molecular complexity index is 597. The van der Waals surface area contributed by atoms with Crippen molar-refractivity contribution in [2.75, 3.05) is 6.54 Å². The summed E-state index contributed by atoms with van der Waals surface area (Å²) in [6.07, 6.45) is 0.571. The molecule has 0 spiro atoms. The Morgan fingerprint density at radius 3 is 2.60 bits per heavy atom. The monoisotopic (exact) mass is 295 g/mol. The Kier molecular flexibility index (Phi) is 5.80. The van der Waals surface area contributed by atoms with Gasteiger partial charge in [0.05, 0.1) is 0 Å². The van der Waals surface area contributed by atoms with Gasteiger partial charge in [0.15, 0.2) is 0 Å². The van der Waals surface area contributed by atoms with Crippen molar-refractivity contribution in [3.8, 4) is 5.75 Å². The molecule has 108 valence electrons. The summed E-state index contributed by atoms with van der Waals surface area (Å²) in [5.41, 5.74) is 5.80. The van der Waals surface area contributed by atoms with Gasteiger partial charge in [-0.25, -0.2) is 4.79 Å². The normalized spacial score (nSPS) is 11.7. The maximum atomic E-state index is 11.5. The van der Waals surface area contributed by atoms with E-state index in [-0.39, 0.29) is 24.1 Å². The number of hydrogen-bond acceptors (Lipinski definition) is 3. The molecule has 0 fully saturated rings. The standard InChI is InChI=1S/C15H17NO3.ClH/c1-2-11(9-16)19-13-8-7-10-5-3-4-6-12(10)14(13)15(17)18;/h3-8,11H,2,9,16H2,1H3,(H,17,18);1H. The van der Waals surface area contributed by atoms with E-state index < -0.39 is 5.97 Å². The lowest BCUT2D eigenvalue weighted by Crippen LogP contribution is -2.26. The molecule has 0 aromatic heterocycles. The molecule has 20 heavy (non-hydrogen) atoms. The molecule has 3 N–H and O–H groups in total. The molecule has 0 aliphatic heterocycles. The number of aromatic carboxylic acids is 1. The lowest BCUT2D eigenvalue weighted by Gasteiger charge is -2.18. The number of halogens is 1. The van der Waals surface area contributed by atoms with E-state index in [1.54, 1.807) is 12.1 Å². The molecule has 0 heterocycles. The summed E-state index contributed by atoms with van der Waals surface area (Å²) in [4.78, 5) is 11.5. The van der Waals surface area contributed by atoms with Gasteiger partial charge in [-0.2, -0.15) is 0 Å². The van der Waals surface area contributed by atoms with Crippen LogP contribution in [0.25, 0.3) is 10.8 Å². The van der Waals surface area contributed by atoms with Crippen LogP contribution < -0.4 is 10.5 Å². The number of fused-ring (bicyclic) bond motifs is 1. The second-order valence-corrected chi connectivity index (χ2v) is 4.35. The minimum absolute atomic E-state index is 0. The van der Waals surface area contributed by atoms with Crippen LogP contribution in [-0.2, 0) is 0 Å². The summed E-state index contributed by atoms with van der Waals surface area (Å²) in [5, 5.41) is 11.0. The Hall–Kier alpha value is -1.78. The van der Waals surface area contributed by atoms with E-state index in [9.17, 15) is 9.90 Å². The van der Waals surface area contributed by atoms with Crippen LogP contribution in [0.2, 0.25) is 0 Å². The van der Waals surface area contributed by atoms with Crippen molar-refractivity contribution in [3.05, 3.63) is 42.0 Å². The van der Waals surface area contributed by atoms with E-state index in [0.717, 1.165) is 11.8 Å². The van der Waals surface area contributed by atoms with Gasteiger partial charge in [-0.15, -0.1) is 12.4 Å². The smallest absolute Gasteiger partial charge is 0.340 e. The molecule has 4 nitrogen and oxygen atoms in total. The maximum absolute atomic E-state index is 11.5. The average molecular weight is 296 g/mol. The molecule has 0 aliphatic rings. The highest BCUT2D eigenvalue weighted by Gasteiger charge is 2.17. The van der Waals surface area contributed by atoms with Crippen LogP contribution in [0, 0.1) is 0 Å². The van der Waals surface area contributed by atoms with Crippen LogP contribution in [0.1, 0.15) is 23.7 Å². The summed E-state index contributed by atoms with van der Waals surface area (Å²) in [6, 6.07) is 10.9. The van der Waals surface area contributed by atoms with Gasteiger partial charge in [0.2, 0.25) is 0 Å². The van der Waals surface area contributed by atoms with E-state index in [0.29, 0.717) is 17.7 Å². The second kappa shape index (κ2) is 7.12. The summed E-state index contributed by atoms with van der Waals surface area (Å²) in [6.45, 7) is 2.32. The first-order valence-corrected chi connectivity index (χ1v) is 6.29. The topological polar surface area (TPSA) is 72.5 Å². The van der Waals surface area contributed by atoms with E-state index in [2.05, 4.69) is 0 Å². The van der Waals surface area contributed by atoms with E-state index in [4.69, 9.17) is 10.5 Å². The molecule has 2 aromatic carbocycles. The van der Waals surface area contributed by atoms with Crippen LogP contribution in [0.3, 0.4) is 0 Å². The first-order chi connectivity index (χ1) is 9.17. The maximum Gasteiger partial charge on any atom is 0.340 e. The Morgan fingerprint density at radius 1 is 1.30 bits per heavy atom. The van der Waals surface area contributed by atoms with Gasteiger partial charge in [0, 0.05) is 6.54 Å². The van der Waals surface area contributed by atoms with Crippen molar-refractivity contribution in [2.45, 2.75) is 19.4 Å². The van der Waals surface area contributed by atoms with Crippen LogP contribution >= 0.6 is 12.4 Å². The molecule has 0 saturated heterocycles. The van der Waals surface area contributed by atoms with Gasteiger partial charge in [-0.05, 0) is 23.3 Å². The van der Waals surface area contributed by atoms with Gasteiger partial charge in [0.25, 0.3) is 0 Å². The van der Waals surface area contributed by atoms with E-state index >= 15 is 0 Å². The minimum Gasteiger partial charge on any atom is -0.488 e. The van der Waals surface area contributed by atoms with Crippen LogP contribution in [0.15, 0.2) is 36.4 Å². The zero-order valence-electron chi connectivity index (χ0n) is 11.2. The number of hydrogen-bond donors (Lipinski definition) is 2. The van der Waals surface area contributed by atoms with Crippen molar-refractivity contribution in [1.29, 1.82) is 0 Å². The van der Waals surface area contributed by atoms with Gasteiger partial charge in [0.1, 0.15) is 17.4 Å². The van der Waals surface area contributed by atoms with Crippen molar-refractivity contribution >= 4 is 29.1 Å². The number of nitrogens with two attached hydrogens (primary N) is 1. The predicted molar refractivity (Wildman–Crippen MR) is 81.9 cm³/mol. The largest absolute Gasteiger partial charge is 0.488 e. The van der Waals surface area contributed by atoms with Gasteiger partial charge in [-0.3, -0.25) is 0 Å². The minimum atomic E-state index is -0.987. The quantitative estimate of drug-likeness (QED) is 0.889. The lowest BCUT2D eigenvalue weighted by molar-refractivity contribution is 0.0691. The molecule has 0 radical (unpaired) electrons. The highest BCUT2D eigenvalue weighted by atomic mass is 35.5. The number of rotatable bonds is 5. The van der Waals surface area contributed by atoms with Crippen molar-refractivity contribution in [3.63, 3.8) is 0 Å². The summed E-state index contributed by atoms with van der Waals surface area (Å²) in [7, 11) is 0. The molecule has 0 bridgehead atoms. The molecule has 1 atom stereocenters. The number of carboxylic acid groups (broad SMARTS) is 1. The van der Waals surface area contributed by atoms with Crippen LogP contribution in [-0.4, -0.2) is 23.7 Å². The Labute approximate surface area is 124 Å². The molecular formula is C15H18ClNO3. The zero-order valence-corrected chi connectivity index (χ0v) is 12.0. The third-order valence-electron chi connectivity index (χ3n) is 3.12. The van der Waals surface area contributed by atoms with E-state index in [1.807, 2.05) is 31.2 Å². The predicted octanol–water partition coefficient (Wildman–Crippen LogP) is 3.08. The third kappa shape index (κ3) is 3.21. The first kappa shape index (κ1) is 16.3. The summed E-state index contributed by atoms with van der Waals surface area (Å²) < 4.78 is 5.71. The fraction of sp³-hybridized carbons (Fsp3) is 0.267. The number of ether oxygens (including phenoxy) is 1. The van der Waals surface area contributed by atoms with Crippen molar-refractivity contribution in [2.24, 2.45) is 5.73 Å². The number of benzene rings is 2.